The van der Waals surface area contributed by atoms with E-state index in [0.717, 1.165) is 5.56 Å². The molecular formula is C21H20ClFN6O3. The van der Waals surface area contributed by atoms with Crippen molar-refractivity contribution in [2.75, 3.05) is 11.9 Å². The fourth-order valence-electron chi connectivity index (χ4n) is 3.80. The minimum Gasteiger partial charge on any atom is -0.364 e. The molecule has 0 saturated carbocycles. The van der Waals surface area contributed by atoms with Crippen LogP contribution in [0.4, 0.5) is 10.2 Å². The van der Waals surface area contributed by atoms with Gasteiger partial charge in [0, 0.05) is 11.8 Å². The number of anilines is 1. The molecule has 1 aromatic carbocycles. The molecule has 1 saturated heterocycles. The van der Waals surface area contributed by atoms with Gasteiger partial charge in [-0.2, -0.15) is 5.10 Å². The first kappa shape index (κ1) is 21.7. The number of alkyl halides is 1. The fourth-order valence-corrected chi connectivity index (χ4v) is 3.97. The van der Waals surface area contributed by atoms with E-state index in [2.05, 4.69) is 15.4 Å². The second-order valence-corrected chi connectivity index (χ2v) is 8.01. The second kappa shape index (κ2) is 8.54. The summed E-state index contributed by atoms with van der Waals surface area (Å²) in [5.41, 5.74) is 6.91. The number of carbonyl (C=O) groups is 3. The lowest BCUT2D eigenvalue weighted by Gasteiger charge is -2.23. The maximum Gasteiger partial charge on any atom is 0.269 e. The molecule has 0 radical (unpaired) electrons. The molecule has 3 amide bonds. The molecule has 0 spiro atoms. The summed E-state index contributed by atoms with van der Waals surface area (Å²) in [5, 5.41) is 7.46. The summed E-state index contributed by atoms with van der Waals surface area (Å²) in [6.45, 7) is 1.36. The number of halogens is 2. The number of primary amides is 1. The molecule has 3 heterocycles. The SMILES string of the molecule is Cc1ccc2c(C(N)=O)nn(CC(=O)N3C[C@H](F)C[C@H]3C(=O)Nc3cccc(Cl)n3)c2c1. The molecule has 9 nitrogen and oxygen atoms in total. The van der Waals surface area contributed by atoms with Crippen molar-refractivity contribution in [1.29, 1.82) is 0 Å². The monoisotopic (exact) mass is 458 g/mol. The van der Waals surface area contributed by atoms with Crippen LogP contribution < -0.4 is 11.1 Å². The molecule has 166 valence electrons. The van der Waals surface area contributed by atoms with Crippen molar-refractivity contribution in [3.63, 3.8) is 0 Å². The van der Waals surface area contributed by atoms with Gasteiger partial charge in [0.25, 0.3) is 5.91 Å². The Balaban J connectivity index is 1.57. The highest BCUT2D eigenvalue weighted by Crippen LogP contribution is 2.24. The van der Waals surface area contributed by atoms with Crippen LogP contribution in [0.1, 0.15) is 22.5 Å². The molecule has 3 aromatic rings. The van der Waals surface area contributed by atoms with Gasteiger partial charge in [0.1, 0.15) is 29.7 Å². The number of amides is 3. The first-order chi connectivity index (χ1) is 15.2. The number of carbonyl (C=O) groups excluding carboxylic acids is 3. The number of nitrogens with two attached hydrogens (primary N) is 1. The zero-order valence-electron chi connectivity index (χ0n) is 17.1. The van der Waals surface area contributed by atoms with Crippen LogP contribution in [0.2, 0.25) is 5.15 Å². The number of aromatic nitrogens is 3. The van der Waals surface area contributed by atoms with Gasteiger partial charge in [-0.05, 0) is 30.7 Å². The maximum absolute atomic E-state index is 14.2. The zero-order valence-corrected chi connectivity index (χ0v) is 17.8. The first-order valence-electron chi connectivity index (χ1n) is 9.87. The van der Waals surface area contributed by atoms with Crippen LogP contribution in [0.5, 0.6) is 0 Å². The highest BCUT2D eigenvalue weighted by molar-refractivity contribution is 6.29. The Bertz CT molecular complexity index is 1230. The average Bonchev–Trinajstić information content (AvgIpc) is 3.29. The van der Waals surface area contributed by atoms with E-state index in [4.69, 9.17) is 17.3 Å². The largest absolute Gasteiger partial charge is 0.364 e. The summed E-state index contributed by atoms with van der Waals surface area (Å²) < 4.78 is 15.6. The van der Waals surface area contributed by atoms with Gasteiger partial charge < -0.3 is 16.0 Å². The van der Waals surface area contributed by atoms with Crippen LogP contribution in [0.25, 0.3) is 10.9 Å². The van der Waals surface area contributed by atoms with Crippen molar-refractivity contribution in [2.45, 2.75) is 32.1 Å². The predicted octanol–water partition coefficient (Wildman–Crippen LogP) is 2.07. The van der Waals surface area contributed by atoms with Gasteiger partial charge >= 0.3 is 0 Å². The lowest BCUT2D eigenvalue weighted by atomic mass is 10.1. The summed E-state index contributed by atoms with van der Waals surface area (Å²) in [7, 11) is 0. The van der Waals surface area contributed by atoms with Gasteiger partial charge in [-0.15, -0.1) is 0 Å². The van der Waals surface area contributed by atoms with Crippen molar-refractivity contribution in [3.05, 3.63) is 52.8 Å². The molecule has 1 aliphatic rings. The van der Waals surface area contributed by atoms with E-state index >= 15 is 0 Å². The number of nitrogens with zero attached hydrogens (tertiary/aromatic N) is 4. The van der Waals surface area contributed by atoms with Gasteiger partial charge in [0.05, 0.1) is 12.1 Å². The van der Waals surface area contributed by atoms with E-state index in [-0.39, 0.29) is 36.2 Å². The van der Waals surface area contributed by atoms with Crippen molar-refractivity contribution < 1.29 is 18.8 Å². The highest BCUT2D eigenvalue weighted by Gasteiger charge is 2.40. The Labute approximate surface area is 187 Å². The third-order valence-corrected chi connectivity index (χ3v) is 5.48. The lowest BCUT2D eigenvalue weighted by molar-refractivity contribution is -0.137. The standard InChI is InChI=1S/C21H20ClFN6O3/c1-11-5-6-13-14(7-11)29(27-19(13)20(24)31)10-18(30)28-9-12(23)8-15(28)21(32)26-17-4-2-3-16(22)25-17/h2-7,12,15H,8-10H2,1H3,(H2,24,31)(H,25,26,32)/t12-,15+/m1/s1. The van der Waals surface area contributed by atoms with Crippen molar-refractivity contribution in [3.8, 4) is 0 Å². The molecule has 4 rings (SSSR count). The molecule has 0 bridgehead atoms. The lowest BCUT2D eigenvalue weighted by Crippen LogP contribution is -2.44. The maximum atomic E-state index is 14.2. The summed E-state index contributed by atoms with van der Waals surface area (Å²) >= 11 is 5.83. The number of hydrogen-bond donors (Lipinski definition) is 2. The number of hydrogen-bond acceptors (Lipinski definition) is 5. The van der Waals surface area contributed by atoms with E-state index in [1.807, 2.05) is 6.92 Å². The van der Waals surface area contributed by atoms with Gasteiger partial charge in [-0.1, -0.05) is 29.8 Å². The molecule has 0 aliphatic carbocycles. The number of pyridine rings is 1. The first-order valence-corrected chi connectivity index (χ1v) is 10.2. The van der Waals surface area contributed by atoms with Gasteiger partial charge in [-0.25, -0.2) is 9.37 Å². The number of likely N-dealkylation sites (tertiary alicyclic amines) is 1. The van der Waals surface area contributed by atoms with Crippen molar-refractivity contribution in [1.82, 2.24) is 19.7 Å². The summed E-state index contributed by atoms with van der Waals surface area (Å²) in [4.78, 5) is 42.7. The molecule has 0 unspecified atom stereocenters. The van der Waals surface area contributed by atoms with Crippen LogP contribution >= 0.6 is 11.6 Å². The van der Waals surface area contributed by atoms with E-state index in [1.165, 1.54) is 9.58 Å². The Kier molecular flexibility index (Phi) is 5.79. The van der Waals surface area contributed by atoms with Crippen LogP contribution in [0.3, 0.4) is 0 Å². The van der Waals surface area contributed by atoms with Gasteiger partial charge in [0.15, 0.2) is 5.69 Å². The summed E-state index contributed by atoms with van der Waals surface area (Å²) in [6.07, 6.45) is -1.48. The van der Waals surface area contributed by atoms with E-state index < -0.39 is 29.9 Å². The molecule has 1 aliphatic heterocycles. The van der Waals surface area contributed by atoms with Crippen LogP contribution in [0, 0.1) is 6.92 Å². The number of benzene rings is 1. The number of rotatable bonds is 5. The van der Waals surface area contributed by atoms with Crippen LogP contribution in [0.15, 0.2) is 36.4 Å². The third-order valence-electron chi connectivity index (χ3n) is 5.26. The van der Waals surface area contributed by atoms with Gasteiger partial charge in [0.2, 0.25) is 11.8 Å². The van der Waals surface area contributed by atoms with Gasteiger partial charge in [-0.3, -0.25) is 19.1 Å². The van der Waals surface area contributed by atoms with Crippen molar-refractivity contribution >= 4 is 46.0 Å². The Morgan fingerprint density at radius 3 is 2.78 bits per heavy atom. The molecule has 32 heavy (non-hydrogen) atoms. The molecular weight excluding hydrogens is 439 g/mol. The molecule has 2 atom stereocenters. The predicted molar refractivity (Wildman–Crippen MR) is 116 cm³/mol. The topological polar surface area (TPSA) is 123 Å². The highest BCUT2D eigenvalue weighted by atomic mass is 35.5. The minimum absolute atomic E-state index is 0.0407. The summed E-state index contributed by atoms with van der Waals surface area (Å²) in [6, 6.07) is 8.98. The third kappa shape index (κ3) is 4.26. The van der Waals surface area contributed by atoms with E-state index in [0.29, 0.717) is 10.9 Å². The number of nitrogens with one attached hydrogen (secondary N) is 1. The van der Waals surface area contributed by atoms with E-state index in [1.54, 1.807) is 36.4 Å². The number of fused-ring (bicyclic) bond motifs is 1. The Morgan fingerprint density at radius 1 is 1.28 bits per heavy atom. The molecule has 1 fully saturated rings. The minimum atomic E-state index is -1.35. The molecule has 11 heteroatoms. The molecule has 3 N–H and O–H groups in total. The zero-order chi connectivity index (χ0) is 23.0. The summed E-state index contributed by atoms with van der Waals surface area (Å²) in [5.74, 6) is -1.59. The van der Waals surface area contributed by atoms with E-state index in [9.17, 15) is 18.8 Å². The molecule has 2 aromatic heterocycles. The van der Waals surface area contributed by atoms with Crippen LogP contribution in [-0.4, -0.2) is 56.1 Å². The quantitative estimate of drug-likeness (QED) is 0.566. The van der Waals surface area contributed by atoms with Crippen molar-refractivity contribution in [2.24, 2.45) is 5.73 Å². The second-order valence-electron chi connectivity index (χ2n) is 7.62. The average molecular weight is 459 g/mol. The fraction of sp³-hybridized carbons (Fsp3) is 0.286. The number of aryl methyl sites for hydroxylation is 1. The smallest absolute Gasteiger partial charge is 0.269 e. The Hall–Kier alpha value is -3.53. The normalized spacial score (nSPS) is 18.2. The van der Waals surface area contributed by atoms with Crippen LogP contribution in [-0.2, 0) is 16.1 Å². The Morgan fingerprint density at radius 2 is 2.06 bits per heavy atom.